The van der Waals surface area contributed by atoms with Gasteiger partial charge in [-0.25, -0.2) is 9.37 Å². The summed E-state index contributed by atoms with van der Waals surface area (Å²) in [6.07, 6.45) is 3.65. The van der Waals surface area contributed by atoms with E-state index in [0.717, 1.165) is 36.4 Å². The number of benzene rings is 1. The highest BCUT2D eigenvalue weighted by Crippen LogP contribution is 2.46. The van der Waals surface area contributed by atoms with Gasteiger partial charge in [-0.05, 0) is 42.9 Å². The second-order valence-electron chi connectivity index (χ2n) is 11.6. The molecule has 6 rings (SSSR count). The predicted octanol–water partition coefficient (Wildman–Crippen LogP) is 6.11. The molecular weight excluding hydrogens is 543 g/mol. The fourth-order valence-corrected chi connectivity index (χ4v) is 6.23. The Morgan fingerprint density at radius 3 is 2.59 bits per heavy atom. The van der Waals surface area contributed by atoms with Crippen LogP contribution in [0.15, 0.2) is 30.6 Å². The Hall–Kier alpha value is -3.01. The number of H-pyrrole nitrogens is 1. The fraction of sp³-hybridized carbons (Fsp3) is 0.516. The van der Waals surface area contributed by atoms with Crippen molar-refractivity contribution in [2.75, 3.05) is 36.5 Å². The van der Waals surface area contributed by atoms with Crippen molar-refractivity contribution in [2.24, 2.45) is 5.92 Å². The van der Waals surface area contributed by atoms with Gasteiger partial charge in [0.1, 0.15) is 23.7 Å². The molecule has 3 aliphatic heterocycles. The molecule has 1 aromatic carbocycles. The van der Waals surface area contributed by atoms with Gasteiger partial charge in [-0.1, -0.05) is 58.4 Å². The number of aromatic nitrogens is 3. The number of carbonyl (C=O) groups excluding carboxylic acids is 1. The molecule has 0 bridgehead atoms. The number of hydrogen-bond donors (Lipinski definition) is 2. The quantitative estimate of drug-likeness (QED) is 0.327. The maximum absolute atomic E-state index is 15.7. The molecular formula is C31H40ClFN6O2. The third-order valence-electron chi connectivity index (χ3n) is 8.75. The zero-order chi connectivity index (χ0) is 29.6. The second-order valence-corrected chi connectivity index (χ2v) is 12.0. The number of pyridine rings is 1. The zero-order valence-corrected chi connectivity index (χ0v) is 25.6. The van der Waals surface area contributed by atoms with E-state index in [4.69, 9.17) is 21.3 Å². The Bertz CT molecular complexity index is 1430. The first-order chi connectivity index (χ1) is 19.6. The van der Waals surface area contributed by atoms with E-state index in [2.05, 4.69) is 41.2 Å². The van der Waals surface area contributed by atoms with Crippen LogP contribution in [0.2, 0.25) is 5.02 Å². The Balaban J connectivity index is 0.00000165. The van der Waals surface area contributed by atoms with Crippen LogP contribution in [0.3, 0.4) is 0 Å². The molecule has 0 radical (unpaired) electrons. The Kier molecular flexibility index (Phi) is 8.16. The van der Waals surface area contributed by atoms with E-state index in [-0.39, 0.29) is 35.7 Å². The molecule has 2 fully saturated rings. The number of likely N-dealkylation sites (tertiary alicyclic amines) is 1. The summed E-state index contributed by atoms with van der Waals surface area (Å²) in [7, 11) is 0. The lowest BCUT2D eigenvalue weighted by Gasteiger charge is -2.44. The number of fused-ring (bicyclic) bond motifs is 1. The summed E-state index contributed by atoms with van der Waals surface area (Å²) in [6, 6.07) is 5.30. The number of epoxide rings is 1. The minimum absolute atomic E-state index is 0.0521. The largest absolute Gasteiger partial charge is 0.365 e. The number of carbonyl (C=O) groups is 1. The molecule has 1 amide bonds. The average Bonchev–Trinajstić information content (AvgIpc) is 3.65. The van der Waals surface area contributed by atoms with Gasteiger partial charge < -0.3 is 10.1 Å². The van der Waals surface area contributed by atoms with Gasteiger partial charge in [0.2, 0.25) is 0 Å². The van der Waals surface area contributed by atoms with Gasteiger partial charge in [-0.2, -0.15) is 5.10 Å². The molecule has 8 nitrogen and oxygen atoms in total. The SMILES string of the molecule is CC.Cc1c(NC2CN(C3CO3)C2)ncc2c1[C@@](C)(c1cccc(Cl)c1F)CN(c1[nH]ncc1C(C)C(C)C)C2=O. The van der Waals surface area contributed by atoms with Crippen LogP contribution in [0.4, 0.5) is 16.0 Å². The number of rotatable bonds is 7. The Morgan fingerprint density at radius 1 is 1.22 bits per heavy atom. The maximum atomic E-state index is 15.7. The van der Waals surface area contributed by atoms with Crippen LogP contribution in [-0.2, 0) is 10.2 Å². The van der Waals surface area contributed by atoms with Crippen LogP contribution in [0.1, 0.15) is 80.1 Å². The van der Waals surface area contributed by atoms with Crippen LogP contribution in [0.5, 0.6) is 0 Å². The van der Waals surface area contributed by atoms with Crippen molar-refractivity contribution in [3.8, 4) is 0 Å². The first-order valence-corrected chi connectivity index (χ1v) is 14.9. The molecule has 2 saturated heterocycles. The Labute approximate surface area is 246 Å². The summed E-state index contributed by atoms with van der Waals surface area (Å²) in [5, 5.41) is 11.0. The lowest BCUT2D eigenvalue weighted by molar-refractivity contribution is 0.0955. The van der Waals surface area contributed by atoms with Crippen molar-refractivity contribution in [1.29, 1.82) is 0 Å². The highest BCUT2D eigenvalue weighted by molar-refractivity contribution is 6.30. The number of hydrogen-bond acceptors (Lipinski definition) is 6. The van der Waals surface area contributed by atoms with Crippen molar-refractivity contribution in [3.63, 3.8) is 0 Å². The van der Waals surface area contributed by atoms with Crippen LogP contribution in [-0.4, -0.2) is 64.5 Å². The molecule has 220 valence electrons. The summed E-state index contributed by atoms with van der Waals surface area (Å²) in [6.45, 7) is 17.1. The number of halogens is 2. The molecule has 41 heavy (non-hydrogen) atoms. The zero-order valence-electron chi connectivity index (χ0n) is 24.9. The van der Waals surface area contributed by atoms with E-state index in [1.54, 1.807) is 35.5 Å². The predicted molar refractivity (Wildman–Crippen MR) is 160 cm³/mol. The van der Waals surface area contributed by atoms with Gasteiger partial charge in [-0.15, -0.1) is 0 Å². The molecule has 3 aromatic rings. The van der Waals surface area contributed by atoms with Crippen molar-refractivity contribution < 1.29 is 13.9 Å². The van der Waals surface area contributed by atoms with Crippen molar-refractivity contribution in [1.82, 2.24) is 20.1 Å². The van der Waals surface area contributed by atoms with Gasteiger partial charge in [0, 0.05) is 42.4 Å². The van der Waals surface area contributed by atoms with E-state index in [9.17, 15) is 4.79 Å². The summed E-state index contributed by atoms with van der Waals surface area (Å²) < 4.78 is 21.1. The van der Waals surface area contributed by atoms with Crippen molar-refractivity contribution in [2.45, 2.75) is 72.1 Å². The molecule has 3 aliphatic rings. The molecule has 10 heteroatoms. The lowest BCUT2D eigenvalue weighted by atomic mass is 9.70. The standard InChI is InChI=1S/C29H34ClFN6O2.C2H6/c1-15(2)16(3)19-10-33-35-27(19)37-14-29(5,21-7-6-8-22(30)25(21)31)24-17(4)26(32-9-20(24)28(37)38)34-18-11-36(12-18)23-13-39-23;1-2/h6-10,15-16,18,23H,11-14H2,1-5H3,(H,32,34)(H,33,35);1-2H3/t16?,23?,29-;/m1./s1. The van der Waals surface area contributed by atoms with Crippen LogP contribution in [0.25, 0.3) is 0 Å². The van der Waals surface area contributed by atoms with Crippen molar-refractivity contribution >= 4 is 29.1 Å². The molecule has 0 saturated carbocycles. The molecule has 5 heterocycles. The summed E-state index contributed by atoms with van der Waals surface area (Å²) in [4.78, 5) is 22.8. The number of ether oxygens (including phenoxy) is 1. The number of nitrogens with one attached hydrogen (secondary N) is 2. The monoisotopic (exact) mass is 582 g/mol. The smallest absolute Gasteiger partial charge is 0.261 e. The van der Waals surface area contributed by atoms with E-state index >= 15 is 4.39 Å². The van der Waals surface area contributed by atoms with Crippen LogP contribution < -0.4 is 10.2 Å². The van der Waals surface area contributed by atoms with E-state index in [1.807, 2.05) is 27.7 Å². The first-order valence-electron chi connectivity index (χ1n) is 14.5. The number of amides is 1. The average molecular weight is 583 g/mol. The highest BCUT2D eigenvalue weighted by atomic mass is 35.5. The Morgan fingerprint density at radius 2 is 1.93 bits per heavy atom. The minimum atomic E-state index is -0.904. The molecule has 2 aromatic heterocycles. The normalized spacial score (nSPS) is 23.0. The number of anilines is 2. The van der Waals surface area contributed by atoms with E-state index < -0.39 is 11.2 Å². The maximum Gasteiger partial charge on any atom is 0.261 e. The third-order valence-corrected chi connectivity index (χ3v) is 9.04. The topological polar surface area (TPSA) is 89.7 Å². The fourth-order valence-electron chi connectivity index (χ4n) is 6.06. The molecule has 0 spiro atoms. The van der Waals surface area contributed by atoms with Gasteiger partial charge >= 0.3 is 0 Å². The highest BCUT2D eigenvalue weighted by Gasteiger charge is 2.47. The molecule has 0 aliphatic carbocycles. The first kappa shape index (κ1) is 29.5. The summed E-state index contributed by atoms with van der Waals surface area (Å²) in [5.74, 6) is 1.19. The summed E-state index contributed by atoms with van der Waals surface area (Å²) >= 11 is 6.29. The third kappa shape index (κ3) is 5.13. The van der Waals surface area contributed by atoms with Gasteiger partial charge in [0.15, 0.2) is 0 Å². The lowest BCUT2D eigenvalue weighted by Crippen LogP contribution is -2.56. The van der Waals surface area contributed by atoms with Gasteiger partial charge in [-0.3, -0.25) is 19.7 Å². The van der Waals surface area contributed by atoms with Crippen molar-refractivity contribution in [3.05, 3.63) is 69.2 Å². The second kappa shape index (κ2) is 11.3. The summed E-state index contributed by atoms with van der Waals surface area (Å²) in [5.41, 5.74) is 2.54. The molecule has 3 atom stereocenters. The van der Waals surface area contributed by atoms with Crippen LogP contribution in [0, 0.1) is 18.7 Å². The van der Waals surface area contributed by atoms with Gasteiger partial charge in [0.05, 0.1) is 29.4 Å². The number of nitrogens with zero attached hydrogens (tertiary/aromatic N) is 4. The van der Waals surface area contributed by atoms with E-state index in [0.29, 0.717) is 28.7 Å². The number of aromatic amines is 1. The van der Waals surface area contributed by atoms with Crippen LogP contribution >= 0.6 is 11.6 Å². The van der Waals surface area contributed by atoms with Gasteiger partial charge in [0.25, 0.3) is 5.91 Å². The molecule has 2 unspecified atom stereocenters. The minimum Gasteiger partial charge on any atom is -0.365 e. The molecule has 2 N–H and O–H groups in total. The van der Waals surface area contributed by atoms with E-state index in [1.165, 1.54) is 0 Å².